The largest absolute Gasteiger partial charge is 0.493 e. The Morgan fingerprint density at radius 1 is 1.45 bits per heavy atom. The summed E-state index contributed by atoms with van der Waals surface area (Å²) in [6.07, 6.45) is -0.379. The number of carboxylic acid groups (broad SMARTS) is 1. The van der Waals surface area contributed by atoms with Crippen molar-refractivity contribution in [3.8, 4) is 11.5 Å². The molecule has 0 bridgehead atoms. The molecule has 1 unspecified atom stereocenters. The molecule has 7 nitrogen and oxygen atoms in total. The van der Waals surface area contributed by atoms with Crippen molar-refractivity contribution >= 4 is 17.6 Å². The number of nitrogens with zero attached hydrogens (tertiary/aromatic N) is 1. The minimum atomic E-state index is -0.987. The van der Waals surface area contributed by atoms with Crippen LogP contribution in [0.25, 0.3) is 0 Å². The molecule has 22 heavy (non-hydrogen) atoms. The lowest BCUT2D eigenvalue weighted by Gasteiger charge is -2.34. The van der Waals surface area contributed by atoms with E-state index < -0.39 is 12.1 Å². The third-order valence-electron chi connectivity index (χ3n) is 3.51. The van der Waals surface area contributed by atoms with Crippen LogP contribution >= 0.6 is 0 Å². The summed E-state index contributed by atoms with van der Waals surface area (Å²) in [5.74, 6) is -0.461. The number of benzene rings is 1. The van der Waals surface area contributed by atoms with Crippen LogP contribution in [-0.4, -0.2) is 41.8 Å². The molecule has 2 rings (SSSR count). The van der Waals surface area contributed by atoms with Crippen molar-refractivity contribution in [2.45, 2.75) is 32.5 Å². The van der Waals surface area contributed by atoms with E-state index in [0.717, 1.165) is 0 Å². The molecule has 0 aromatic heterocycles. The zero-order chi connectivity index (χ0) is 16.3. The molecule has 1 heterocycles. The number of anilines is 1. The van der Waals surface area contributed by atoms with Crippen LogP contribution in [0, 0.1) is 0 Å². The second kappa shape index (κ2) is 6.65. The van der Waals surface area contributed by atoms with Gasteiger partial charge in [0, 0.05) is 6.54 Å². The van der Waals surface area contributed by atoms with Crippen molar-refractivity contribution in [1.82, 2.24) is 0 Å². The fraction of sp³-hybridized carbons (Fsp3) is 0.467. The van der Waals surface area contributed by atoms with Gasteiger partial charge in [0.15, 0.2) is 17.6 Å². The van der Waals surface area contributed by atoms with Gasteiger partial charge in [0.1, 0.15) is 0 Å². The lowest BCUT2D eigenvalue weighted by Crippen LogP contribution is -2.46. The van der Waals surface area contributed by atoms with Crippen LogP contribution in [0.15, 0.2) is 12.1 Å². The number of aliphatic carboxylic acids is 1. The van der Waals surface area contributed by atoms with Crippen LogP contribution in [0.5, 0.6) is 11.5 Å². The third kappa shape index (κ3) is 2.99. The highest BCUT2D eigenvalue weighted by atomic mass is 16.5. The Morgan fingerprint density at radius 3 is 2.73 bits per heavy atom. The standard InChI is InChI=1S/C15H19NO6/c1-3-11-15(20)16(5-4-13(18)19)10-6-9(8-17)7-12(21-2)14(10)22-11/h6-7,11,17H,3-5,8H2,1-2H3,(H,18,19). The molecule has 1 aromatic carbocycles. The van der Waals surface area contributed by atoms with E-state index in [4.69, 9.17) is 14.6 Å². The predicted molar refractivity (Wildman–Crippen MR) is 78.2 cm³/mol. The van der Waals surface area contributed by atoms with Crippen LogP contribution in [0.1, 0.15) is 25.3 Å². The SMILES string of the molecule is CCC1Oc2c(OC)cc(CO)cc2N(CCC(=O)O)C1=O. The van der Waals surface area contributed by atoms with Crippen molar-refractivity contribution in [3.63, 3.8) is 0 Å². The first-order valence-corrected chi connectivity index (χ1v) is 7.03. The summed E-state index contributed by atoms with van der Waals surface area (Å²) in [7, 11) is 1.47. The summed E-state index contributed by atoms with van der Waals surface area (Å²) in [6, 6.07) is 3.25. The van der Waals surface area contributed by atoms with Gasteiger partial charge in [-0.3, -0.25) is 9.59 Å². The maximum absolute atomic E-state index is 12.4. The van der Waals surface area contributed by atoms with E-state index in [9.17, 15) is 14.7 Å². The van der Waals surface area contributed by atoms with E-state index in [0.29, 0.717) is 29.2 Å². The average molecular weight is 309 g/mol. The number of amides is 1. The van der Waals surface area contributed by atoms with Crippen molar-refractivity contribution in [2.75, 3.05) is 18.6 Å². The van der Waals surface area contributed by atoms with E-state index in [1.165, 1.54) is 12.0 Å². The van der Waals surface area contributed by atoms with Gasteiger partial charge in [-0.2, -0.15) is 0 Å². The number of rotatable bonds is 6. The monoisotopic (exact) mass is 309 g/mol. The number of carbonyl (C=O) groups is 2. The Morgan fingerprint density at radius 2 is 2.18 bits per heavy atom. The smallest absolute Gasteiger partial charge is 0.305 e. The molecule has 0 saturated carbocycles. The highest BCUT2D eigenvalue weighted by molar-refractivity contribution is 6.01. The maximum Gasteiger partial charge on any atom is 0.305 e. The van der Waals surface area contributed by atoms with Gasteiger partial charge in [-0.15, -0.1) is 0 Å². The first-order valence-electron chi connectivity index (χ1n) is 7.03. The fourth-order valence-electron chi connectivity index (χ4n) is 2.39. The number of methoxy groups -OCH3 is 1. The van der Waals surface area contributed by atoms with Crippen molar-refractivity contribution < 1.29 is 29.3 Å². The van der Waals surface area contributed by atoms with Crippen LogP contribution in [-0.2, 0) is 16.2 Å². The molecule has 0 saturated heterocycles. The van der Waals surface area contributed by atoms with Gasteiger partial charge in [0.05, 0.1) is 25.8 Å². The van der Waals surface area contributed by atoms with E-state index in [-0.39, 0.29) is 25.5 Å². The van der Waals surface area contributed by atoms with Crippen molar-refractivity contribution in [2.24, 2.45) is 0 Å². The van der Waals surface area contributed by atoms with Gasteiger partial charge < -0.3 is 24.6 Å². The number of fused-ring (bicyclic) bond motifs is 1. The normalized spacial score (nSPS) is 17.0. The minimum Gasteiger partial charge on any atom is -0.493 e. The Hall–Kier alpha value is -2.28. The molecule has 1 aliphatic heterocycles. The Bertz CT molecular complexity index is 586. The molecule has 0 fully saturated rings. The van der Waals surface area contributed by atoms with Crippen LogP contribution in [0.4, 0.5) is 5.69 Å². The lowest BCUT2D eigenvalue weighted by molar-refractivity contribution is -0.136. The molecule has 0 aliphatic carbocycles. The number of ether oxygens (including phenoxy) is 2. The zero-order valence-corrected chi connectivity index (χ0v) is 12.5. The zero-order valence-electron chi connectivity index (χ0n) is 12.5. The summed E-state index contributed by atoms with van der Waals surface area (Å²) in [5, 5.41) is 18.2. The Balaban J connectivity index is 2.49. The molecule has 2 N–H and O–H groups in total. The average Bonchev–Trinajstić information content (AvgIpc) is 2.52. The van der Waals surface area contributed by atoms with E-state index in [2.05, 4.69) is 0 Å². The molecule has 1 atom stereocenters. The first-order chi connectivity index (χ1) is 10.5. The topological polar surface area (TPSA) is 96.3 Å². The molecule has 1 aliphatic rings. The molecule has 7 heteroatoms. The van der Waals surface area contributed by atoms with Gasteiger partial charge in [-0.25, -0.2) is 0 Å². The maximum atomic E-state index is 12.4. The summed E-state index contributed by atoms with van der Waals surface area (Å²) in [4.78, 5) is 24.7. The molecular formula is C15H19NO6. The molecule has 120 valence electrons. The van der Waals surface area contributed by atoms with E-state index >= 15 is 0 Å². The summed E-state index contributed by atoms with van der Waals surface area (Å²) >= 11 is 0. The fourth-order valence-corrected chi connectivity index (χ4v) is 2.39. The second-order valence-electron chi connectivity index (χ2n) is 4.95. The third-order valence-corrected chi connectivity index (χ3v) is 3.51. The second-order valence-corrected chi connectivity index (χ2v) is 4.95. The molecular weight excluding hydrogens is 290 g/mol. The first kappa shape index (κ1) is 16.1. The molecule has 1 amide bonds. The number of hydrogen-bond acceptors (Lipinski definition) is 5. The van der Waals surface area contributed by atoms with Gasteiger partial charge in [0.25, 0.3) is 5.91 Å². The van der Waals surface area contributed by atoms with Gasteiger partial charge in [-0.05, 0) is 24.1 Å². The highest BCUT2D eigenvalue weighted by Crippen LogP contribution is 2.43. The lowest BCUT2D eigenvalue weighted by atomic mass is 10.1. The summed E-state index contributed by atoms with van der Waals surface area (Å²) < 4.78 is 11.0. The minimum absolute atomic E-state index is 0.0407. The quantitative estimate of drug-likeness (QED) is 0.819. The van der Waals surface area contributed by atoms with Gasteiger partial charge >= 0.3 is 5.97 Å². The van der Waals surface area contributed by atoms with Crippen molar-refractivity contribution in [1.29, 1.82) is 0 Å². The number of carboxylic acids is 1. The molecule has 1 aromatic rings. The molecule has 0 radical (unpaired) electrons. The van der Waals surface area contributed by atoms with Crippen LogP contribution < -0.4 is 14.4 Å². The summed E-state index contributed by atoms with van der Waals surface area (Å²) in [6.45, 7) is 1.64. The van der Waals surface area contributed by atoms with Gasteiger partial charge in [-0.1, -0.05) is 6.92 Å². The van der Waals surface area contributed by atoms with E-state index in [1.807, 2.05) is 6.92 Å². The molecule has 0 spiro atoms. The Kier molecular flexibility index (Phi) is 4.87. The number of carbonyl (C=O) groups excluding carboxylic acids is 1. The van der Waals surface area contributed by atoms with Crippen molar-refractivity contribution in [3.05, 3.63) is 17.7 Å². The number of aliphatic hydroxyl groups is 1. The summed E-state index contributed by atoms with van der Waals surface area (Å²) in [5.41, 5.74) is 0.988. The predicted octanol–water partition coefficient (Wildman–Crippen LogP) is 1.17. The Labute approximate surface area is 128 Å². The van der Waals surface area contributed by atoms with E-state index in [1.54, 1.807) is 12.1 Å². The highest BCUT2D eigenvalue weighted by Gasteiger charge is 2.35. The number of aliphatic hydroxyl groups excluding tert-OH is 1. The van der Waals surface area contributed by atoms with Crippen LogP contribution in [0.3, 0.4) is 0 Å². The van der Waals surface area contributed by atoms with Crippen LogP contribution in [0.2, 0.25) is 0 Å². The van der Waals surface area contributed by atoms with Gasteiger partial charge in [0.2, 0.25) is 0 Å². The number of hydrogen-bond donors (Lipinski definition) is 2.